The molecule has 1 aromatic carbocycles. The van der Waals surface area contributed by atoms with Crippen LogP contribution in [0.15, 0.2) is 42.7 Å². The van der Waals surface area contributed by atoms with Crippen molar-refractivity contribution < 1.29 is 9.59 Å². The van der Waals surface area contributed by atoms with Gasteiger partial charge in [0, 0.05) is 24.7 Å². The fourth-order valence-corrected chi connectivity index (χ4v) is 2.62. The molecule has 0 spiro atoms. The van der Waals surface area contributed by atoms with Crippen molar-refractivity contribution in [1.82, 2.24) is 15.3 Å². The molecular formula is C17H19N5O2. The molecule has 0 bridgehead atoms. The number of imide groups is 1. The van der Waals surface area contributed by atoms with Crippen molar-refractivity contribution in [3.8, 4) is 0 Å². The molecule has 0 atom stereocenters. The smallest absolute Gasteiger partial charge is 0.327 e. The molecule has 1 aliphatic rings. The average Bonchev–Trinajstić information content (AvgIpc) is 2.63. The quantitative estimate of drug-likeness (QED) is 0.905. The molecule has 1 fully saturated rings. The van der Waals surface area contributed by atoms with Gasteiger partial charge in [-0.15, -0.1) is 0 Å². The van der Waals surface area contributed by atoms with Crippen LogP contribution in [-0.2, 0) is 0 Å². The summed E-state index contributed by atoms with van der Waals surface area (Å²) in [6.07, 6.45) is 4.92. The maximum Gasteiger partial charge on any atom is 0.327 e. The summed E-state index contributed by atoms with van der Waals surface area (Å²) < 4.78 is 0. The summed E-state index contributed by atoms with van der Waals surface area (Å²) in [5.41, 5.74) is 0.421. The van der Waals surface area contributed by atoms with Gasteiger partial charge in [-0.2, -0.15) is 0 Å². The third kappa shape index (κ3) is 4.07. The third-order valence-electron chi connectivity index (χ3n) is 3.84. The van der Waals surface area contributed by atoms with E-state index in [0.717, 1.165) is 31.7 Å². The van der Waals surface area contributed by atoms with Gasteiger partial charge in [0.1, 0.15) is 18.0 Å². The number of benzene rings is 1. The Morgan fingerprint density at radius 3 is 2.50 bits per heavy atom. The molecule has 1 aromatic heterocycles. The first-order valence-corrected chi connectivity index (χ1v) is 7.97. The summed E-state index contributed by atoms with van der Waals surface area (Å²) in [4.78, 5) is 34.4. The van der Waals surface area contributed by atoms with Crippen molar-refractivity contribution in [1.29, 1.82) is 0 Å². The van der Waals surface area contributed by atoms with E-state index in [1.54, 1.807) is 36.4 Å². The SMILES string of the molecule is O=C(NC(=O)c1ccccc1)Nc1cc(N2CCCCC2)ncn1. The van der Waals surface area contributed by atoms with E-state index in [1.807, 2.05) is 0 Å². The molecule has 7 heteroatoms. The van der Waals surface area contributed by atoms with Crippen LogP contribution in [0, 0.1) is 0 Å². The van der Waals surface area contributed by atoms with Gasteiger partial charge >= 0.3 is 6.03 Å². The summed E-state index contributed by atoms with van der Waals surface area (Å²) in [6.45, 7) is 1.91. The third-order valence-corrected chi connectivity index (χ3v) is 3.84. The van der Waals surface area contributed by atoms with Gasteiger partial charge in [0.25, 0.3) is 5.91 Å². The zero-order valence-corrected chi connectivity index (χ0v) is 13.2. The van der Waals surface area contributed by atoms with E-state index in [4.69, 9.17) is 0 Å². The molecule has 0 unspecified atom stereocenters. The predicted octanol–water partition coefficient (Wildman–Crippen LogP) is 2.43. The number of piperidine rings is 1. The van der Waals surface area contributed by atoms with Crippen LogP contribution >= 0.6 is 0 Å². The number of amides is 3. The summed E-state index contributed by atoms with van der Waals surface area (Å²) in [7, 11) is 0. The molecule has 2 aromatic rings. The molecule has 2 N–H and O–H groups in total. The Labute approximate surface area is 140 Å². The van der Waals surface area contributed by atoms with Gasteiger partial charge in [0.15, 0.2) is 0 Å². The normalized spacial score (nSPS) is 14.1. The lowest BCUT2D eigenvalue weighted by Gasteiger charge is -2.27. The second-order valence-corrected chi connectivity index (χ2v) is 5.58. The summed E-state index contributed by atoms with van der Waals surface area (Å²) in [5, 5.41) is 4.85. The Morgan fingerprint density at radius 2 is 1.75 bits per heavy atom. The molecule has 7 nitrogen and oxygen atoms in total. The highest BCUT2D eigenvalue weighted by atomic mass is 16.2. The number of carbonyl (C=O) groups is 2. The number of aromatic nitrogens is 2. The van der Waals surface area contributed by atoms with Crippen LogP contribution < -0.4 is 15.5 Å². The number of rotatable bonds is 3. The molecule has 0 aliphatic carbocycles. The summed E-state index contributed by atoms with van der Waals surface area (Å²) >= 11 is 0. The maximum absolute atomic E-state index is 12.0. The molecule has 3 amide bonds. The van der Waals surface area contributed by atoms with E-state index in [2.05, 4.69) is 25.5 Å². The Hall–Kier alpha value is -2.96. The molecule has 1 saturated heterocycles. The molecule has 0 saturated carbocycles. The van der Waals surface area contributed by atoms with Gasteiger partial charge in [0.05, 0.1) is 0 Å². The average molecular weight is 325 g/mol. The van der Waals surface area contributed by atoms with Gasteiger partial charge in [-0.1, -0.05) is 18.2 Å². The van der Waals surface area contributed by atoms with Gasteiger partial charge < -0.3 is 4.90 Å². The number of nitrogens with one attached hydrogen (secondary N) is 2. The van der Waals surface area contributed by atoms with Crippen LogP contribution in [0.2, 0.25) is 0 Å². The first kappa shape index (κ1) is 15.9. The highest BCUT2D eigenvalue weighted by molar-refractivity contribution is 6.07. The second-order valence-electron chi connectivity index (χ2n) is 5.58. The number of urea groups is 1. The fraction of sp³-hybridized carbons (Fsp3) is 0.294. The van der Waals surface area contributed by atoms with E-state index >= 15 is 0 Å². The Bertz CT molecular complexity index is 714. The van der Waals surface area contributed by atoms with E-state index in [-0.39, 0.29) is 0 Å². The number of anilines is 2. The zero-order valence-electron chi connectivity index (χ0n) is 13.2. The lowest BCUT2D eigenvalue weighted by Crippen LogP contribution is -2.35. The first-order valence-electron chi connectivity index (χ1n) is 7.97. The van der Waals surface area contributed by atoms with Crippen molar-refractivity contribution >= 4 is 23.6 Å². The topological polar surface area (TPSA) is 87.2 Å². The Morgan fingerprint density at radius 1 is 1.00 bits per heavy atom. The van der Waals surface area contributed by atoms with Crippen molar-refractivity contribution in [3.63, 3.8) is 0 Å². The van der Waals surface area contributed by atoms with Crippen molar-refractivity contribution in [2.75, 3.05) is 23.3 Å². The minimum absolute atomic E-state index is 0.365. The predicted molar refractivity (Wildman–Crippen MR) is 91.0 cm³/mol. The van der Waals surface area contributed by atoms with Crippen molar-refractivity contribution in [2.45, 2.75) is 19.3 Å². The number of carbonyl (C=O) groups excluding carboxylic acids is 2. The summed E-state index contributed by atoms with van der Waals surface area (Å²) in [5.74, 6) is 0.691. The number of hydrogen-bond donors (Lipinski definition) is 2. The van der Waals surface area contributed by atoms with Gasteiger partial charge in [-0.25, -0.2) is 14.8 Å². The monoisotopic (exact) mass is 325 g/mol. The van der Waals surface area contributed by atoms with E-state index in [1.165, 1.54) is 12.7 Å². The Balaban J connectivity index is 1.61. The van der Waals surface area contributed by atoms with Crippen LogP contribution in [0.4, 0.5) is 16.4 Å². The van der Waals surface area contributed by atoms with Crippen LogP contribution in [0.1, 0.15) is 29.6 Å². The van der Waals surface area contributed by atoms with Crippen LogP contribution in [0.5, 0.6) is 0 Å². The molecule has 3 rings (SSSR count). The van der Waals surface area contributed by atoms with Crippen molar-refractivity contribution in [3.05, 3.63) is 48.3 Å². The lowest BCUT2D eigenvalue weighted by molar-refractivity contribution is 0.0967. The standard InChI is InChI=1S/C17H19N5O2/c23-16(13-7-3-1-4-8-13)21-17(24)20-14-11-15(19-12-18-14)22-9-5-2-6-10-22/h1,3-4,7-8,11-12H,2,5-6,9-10H2,(H2,18,19,20,21,23,24). The zero-order chi connectivity index (χ0) is 16.8. The molecule has 1 aliphatic heterocycles. The molecule has 2 heterocycles. The largest absolute Gasteiger partial charge is 0.356 e. The molecular weight excluding hydrogens is 306 g/mol. The van der Waals surface area contributed by atoms with E-state index < -0.39 is 11.9 Å². The minimum Gasteiger partial charge on any atom is -0.356 e. The number of nitrogens with zero attached hydrogens (tertiary/aromatic N) is 3. The van der Waals surface area contributed by atoms with E-state index in [9.17, 15) is 9.59 Å². The maximum atomic E-state index is 12.0. The van der Waals surface area contributed by atoms with Crippen LogP contribution in [0.3, 0.4) is 0 Å². The van der Waals surface area contributed by atoms with E-state index in [0.29, 0.717) is 11.4 Å². The number of hydrogen-bond acceptors (Lipinski definition) is 5. The molecule has 0 radical (unpaired) electrons. The lowest BCUT2D eigenvalue weighted by atomic mass is 10.1. The highest BCUT2D eigenvalue weighted by Gasteiger charge is 2.14. The van der Waals surface area contributed by atoms with Crippen molar-refractivity contribution in [2.24, 2.45) is 0 Å². The van der Waals surface area contributed by atoms with Gasteiger partial charge in [0.2, 0.25) is 0 Å². The Kier molecular flexibility index (Phi) is 5.00. The summed E-state index contributed by atoms with van der Waals surface area (Å²) in [6, 6.07) is 9.66. The highest BCUT2D eigenvalue weighted by Crippen LogP contribution is 2.19. The molecule has 24 heavy (non-hydrogen) atoms. The minimum atomic E-state index is -0.618. The van der Waals surface area contributed by atoms with Gasteiger partial charge in [-0.3, -0.25) is 15.4 Å². The fourth-order valence-electron chi connectivity index (χ4n) is 2.62. The first-order chi connectivity index (χ1) is 11.7. The van der Waals surface area contributed by atoms with Crippen LogP contribution in [0.25, 0.3) is 0 Å². The second kappa shape index (κ2) is 7.54. The van der Waals surface area contributed by atoms with Crippen LogP contribution in [-0.4, -0.2) is 35.0 Å². The van der Waals surface area contributed by atoms with Gasteiger partial charge in [-0.05, 0) is 31.4 Å². The molecule has 124 valence electrons.